The number of anilines is 1. The lowest BCUT2D eigenvalue weighted by molar-refractivity contribution is 0.0593. The van der Waals surface area contributed by atoms with E-state index in [9.17, 15) is 13.6 Å². The number of rotatable bonds is 2. The van der Waals surface area contributed by atoms with Gasteiger partial charge in [0, 0.05) is 3.57 Å². The minimum atomic E-state index is -2.75. The van der Waals surface area contributed by atoms with Gasteiger partial charge in [-0.3, -0.25) is 0 Å². The number of carbonyl (C=O) groups is 1. The fraction of sp³-hybridized carbons (Fsp3) is 0.250. The first-order valence-corrected chi connectivity index (χ1v) is 4.87. The Morgan fingerprint density at radius 2 is 2.27 bits per heavy atom. The standard InChI is InChI=1S/C8H7F2IN2O2/c1-15-8(14)6-4(12)2-3(11)5(13-6)7(9)10/h2,7H,12H2,1H3. The molecule has 2 N–H and O–H groups in total. The van der Waals surface area contributed by atoms with Crippen molar-refractivity contribution in [2.45, 2.75) is 6.43 Å². The number of nitrogens with zero attached hydrogens (tertiary/aromatic N) is 1. The number of ether oxygens (including phenoxy) is 1. The molecule has 0 radical (unpaired) electrons. The Bertz CT molecular complexity index is 398. The van der Waals surface area contributed by atoms with E-state index in [0.717, 1.165) is 7.11 Å². The molecule has 7 heteroatoms. The fourth-order valence-electron chi connectivity index (χ4n) is 0.930. The van der Waals surface area contributed by atoms with Crippen LogP contribution in [0.25, 0.3) is 0 Å². The normalized spacial score (nSPS) is 10.5. The Labute approximate surface area is 98.0 Å². The molecule has 0 spiro atoms. The highest BCUT2D eigenvalue weighted by molar-refractivity contribution is 14.1. The van der Waals surface area contributed by atoms with Gasteiger partial charge in [0.25, 0.3) is 6.43 Å². The van der Waals surface area contributed by atoms with Crippen molar-refractivity contribution in [2.75, 3.05) is 12.8 Å². The minimum Gasteiger partial charge on any atom is -0.464 e. The van der Waals surface area contributed by atoms with Crippen LogP contribution in [0, 0.1) is 3.57 Å². The van der Waals surface area contributed by atoms with E-state index in [1.165, 1.54) is 6.07 Å². The topological polar surface area (TPSA) is 65.2 Å². The highest BCUT2D eigenvalue weighted by Crippen LogP contribution is 2.25. The van der Waals surface area contributed by atoms with Gasteiger partial charge >= 0.3 is 5.97 Å². The molecule has 1 rings (SSSR count). The summed E-state index contributed by atoms with van der Waals surface area (Å²) < 4.78 is 29.5. The maximum absolute atomic E-state index is 12.4. The largest absolute Gasteiger partial charge is 0.464 e. The van der Waals surface area contributed by atoms with Crippen molar-refractivity contribution in [1.82, 2.24) is 4.98 Å². The quantitative estimate of drug-likeness (QED) is 0.666. The van der Waals surface area contributed by atoms with Crippen molar-refractivity contribution in [3.63, 3.8) is 0 Å². The van der Waals surface area contributed by atoms with E-state index in [2.05, 4.69) is 9.72 Å². The number of alkyl halides is 2. The van der Waals surface area contributed by atoms with Crippen LogP contribution in [0.3, 0.4) is 0 Å². The Morgan fingerprint density at radius 1 is 1.67 bits per heavy atom. The van der Waals surface area contributed by atoms with Gasteiger partial charge in [-0.25, -0.2) is 18.6 Å². The molecule has 0 amide bonds. The maximum Gasteiger partial charge on any atom is 0.358 e. The summed E-state index contributed by atoms with van der Waals surface area (Å²) in [6, 6.07) is 1.27. The molecule has 1 aromatic heterocycles. The van der Waals surface area contributed by atoms with E-state index in [4.69, 9.17) is 5.73 Å². The fourth-order valence-corrected chi connectivity index (χ4v) is 1.62. The number of aromatic nitrogens is 1. The van der Waals surface area contributed by atoms with Crippen LogP contribution < -0.4 is 5.73 Å². The summed E-state index contributed by atoms with van der Waals surface area (Å²) in [6.45, 7) is 0. The molecule has 0 aliphatic rings. The number of nitrogens with two attached hydrogens (primary N) is 1. The molecular formula is C8H7F2IN2O2. The summed E-state index contributed by atoms with van der Waals surface area (Å²) in [4.78, 5) is 14.6. The van der Waals surface area contributed by atoms with Crippen LogP contribution >= 0.6 is 22.6 Å². The zero-order valence-corrected chi connectivity index (χ0v) is 9.79. The highest BCUT2D eigenvalue weighted by Gasteiger charge is 2.20. The van der Waals surface area contributed by atoms with Gasteiger partial charge in [0.2, 0.25) is 0 Å². The van der Waals surface area contributed by atoms with Crippen molar-refractivity contribution in [2.24, 2.45) is 0 Å². The van der Waals surface area contributed by atoms with E-state index >= 15 is 0 Å². The zero-order chi connectivity index (χ0) is 11.6. The van der Waals surface area contributed by atoms with E-state index in [-0.39, 0.29) is 15.0 Å². The van der Waals surface area contributed by atoms with Crippen molar-refractivity contribution in [1.29, 1.82) is 0 Å². The first kappa shape index (κ1) is 12.1. The van der Waals surface area contributed by atoms with E-state index in [1.807, 2.05) is 0 Å². The first-order valence-electron chi connectivity index (χ1n) is 3.79. The molecule has 0 aliphatic heterocycles. The second-order valence-corrected chi connectivity index (χ2v) is 3.75. The molecule has 0 aromatic carbocycles. The van der Waals surface area contributed by atoms with Gasteiger partial charge < -0.3 is 10.5 Å². The second-order valence-electron chi connectivity index (χ2n) is 2.59. The minimum absolute atomic E-state index is 0.0238. The molecule has 0 saturated heterocycles. The maximum atomic E-state index is 12.4. The molecule has 0 unspecified atom stereocenters. The number of methoxy groups -OCH3 is 1. The van der Waals surface area contributed by atoms with E-state index in [1.54, 1.807) is 22.6 Å². The van der Waals surface area contributed by atoms with Gasteiger partial charge in [-0.1, -0.05) is 0 Å². The molecule has 82 valence electrons. The van der Waals surface area contributed by atoms with Crippen molar-refractivity contribution >= 4 is 34.2 Å². The number of nitrogen functional groups attached to an aromatic ring is 1. The third-order valence-electron chi connectivity index (χ3n) is 1.62. The van der Waals surface area contributed by atoms with Gasteiger partial charge in [-0.05, 0) is 28.7 Å². The number of hydrogen-bond acceptors (Lipinski definition) is 4. The summed E-state index contributed by atoms with van der Waals surface area (Å²) in [5.74, 6) is -0.828. The molecule has 15 heavy (non-hydrogen) atoms. The van der Waals surface area contributed by atoms with Gasteiger partial charge in [0.15, 0.2) is 5.69 Å². The van der Waals surface area contributed by atoms with Crippen LogP contribution in [0.2, 0.25) is 0 Å². The Morgan fingerprint density at radius 3 is 2.73 bits per heavy atom. The average molecular weight is 328 g/mol. The SMILES string of the molecule is COC(=O)c1nc(C(F)F)c(I)cc1N. The Hall–Kier alpha value is -0.990. The number of hydrogen-bond donors (Lipinski definition) is 1. The lowest BCUT2D eigenvalue weighted by Crippen LogP contribution is -2.11. The first-order chi connectivity index (χ1) is 6.97. The summed E-state index contributed by atoms with van der Waals surface area (Å²) in [5, 5.41) is 0. The second kappa shape index (κ2) is 4.69. The third-order valence-corrected chi connectivity index (χ3v) is 2.48. The molecule has 4 nitrogen and oxygen atoms in total. The van der Waals surface area contributed by atoms with Crippen LogP contribution in [0.15, 0.2) is 6.07 Å². The summed E-state index contributed by atoms with van der Waals surface area (Å²) in [6.07, 6.45) is -2.75. The lowest BCUT2D eigenvalue weighted by atomic mass is 10.2. The predicted molar refractivity (Wildman–Crippen MR) is 57.7 cm³/mol. The highest BCUT2D eigenvalue weighted by atomic mass is 127. The molecule has 1 aromatic rings. The monoisotopic (exact) mass is 328 g/mol. The van der Waals surface area contributed by atoms with Crippen molar-refractivity contribution in [3.8, 4) is 0 Å². The Balaban J connectivity index is 3.29. The number of esters is 1. The van der Waals surface area contributed by atoms with Crippen molar-refractivity contribution in [3.05, 3.63) is 21.0 Å². The van der Waals surface area contributed by atoms with Crippen LogP contribution in [0.1, 0.15) is 22.6 Å². The Kier molecular flexibility index (Phi) is 3.77. The molecule has 0 bridgehead atoms. The number of pyridine rings is 1. The molecule has 1 heterocycles. The smallest absolute Gasteiger partial charge is 0.358 e. The van der Waals surface area contributed by atoms with Crippen LogP contribution in [0.5, 0.6) is 0 Å². The molecular weight excluding hydrogens is 321 g/mol. The van der Waals surface area contributed by atoms with Crippen LogP contribution in [-0.2, 0) is 4.74 Å². The third kappa shape index (κ3) is 2.52. The molecule has 0 fully saturated rings. The molecule has 0 aliphatic carbocycles. The van der Waals surface area contributed by atoms with Crippen molar-refractivity contribution < 1.29 is 18.3 Å². The average Bonchev–Trinajstić information content (AvgIpc) is 2.16. The van der Waals surface area contributed by atoms with Gasteiger partial charge in [-0.15, -0.1) is 0 Å². The van der Waals surface area contributed by atoms with Gasteiger partial charge in [0.1, 0.15) is 5.69 Å². The molecule has 0 atom stereocenters. The van der Waals surface area contributed by atoms with Gasteiger partial charge in [-0.2, -0.15) is 0 Å². The number of carbonyl (C=O) groups excluding carboxylic acids is 1. The predicted octanol–water partition coefficient (Wildman–Crippen LogP) is 1.99. The number of halogens is 3. The van der Waals surface area contributed by atoms with Gasteiger partial charge in [0.05, 0.1) is 12.8 Å². The van der Waals surface area contributed by atoms with E-state index < -0.39 is 18.1 Å². The van der Waals surface area contributed by atoms with E-state index in [0.29, 0.717) is 0 Å². The van der Waals surface area contributed by atoms with Crippen LogP contribution in [0.4, 0.5) is 14.5 Å². The van der Waals surface area contributed by atoms with Crippen LogP contribution in [-0.4, -0.2) is 18.1 Å². The summed E-state index contributed by atoms with van der Waals surface area (Å²) in [5.41, 5.74) is 4.73. The lowest BCUT2D eigenvalue weighted by Gasteiger charge is -2.07. The molecule has 0 saturated carbocycles. The zero-order valence-electron chi connectivity index (χ0n) is 7.63. The summed E-state index contributed by atoms with van der Waals surface area (Å²) in [7, 11) is 1.13. The summed E-state index contributed by atoms with van der Waals surface area (Å²) >= 11 is 1.68.